The van der Waals surface area contributed by atoms with E-state index in [1.807, 2.05) is 6.92 Å². The number of piperazine rings is 1. The van der Waals surface area contributed by atoms with Crippen LogP contribution >= 0.6 is 0 Å². The monoisotopic (exact) mass is 379 g/mol. The number of amides is 1. The van der Waals surface area contributed by atoms with Gasteiger partial charge >= 0.3 is 12.1 Å². The predicted octanol–water partition coefficient (Wildman–Crippen LogP) is 2.80. The number of carbonyl (C=O) groups is 2. The topological polar surface area (TPSA) is 113 Å². The van der Waals surface area contributed by atoms with Crippen LogP contribution in [0.25, 0.3) is 0 Å². The van der Waals surface area contributed by atoms with Gasteiger partial charge in [0.05, 0.1) is 17.4 Å². The number of hydrogen-bond acceptors (Lipinski definition) is 6. The van der Waals surface area contributed by atoms with Gasteiger partial charge in [0.2, 0.25) is 0 Å². The minimum atomic E-state index is -1.04. The third kappa shape index (κ3) is 5.32. The van der Waals surface area contributed by atoms with Crippen LogP contribution in [0.15, 0.2) is 18.2 Å². The molecule has 0 radical (unpaired) electrons. The summed E-state index contributed by atoms with van der Waals surface area (Å²) < 4.78 is 5.37. The van der Waals surface area contributed by atoms with Crippen molar-refractivity contribution in [2.45, 2.75) is 45.8 Å². The highest BCUT2D eigenvalue weighted by Gasteiger charge is 2.35. The largest absolute Gasteiger partial charge is 0.481 e. The zero-order valence-corrected chi connectivity index (χ0v) is 16.0. The lowest BCUT2D eigenvalue weighted by Crippen LogP contribution is -2.56. The van der Waals surface area contributed by atoms with Crippen molar-refractivity contribution in [3.63, 3.8) is 0 Å². The predicted molar refractivity (Wildman–Crippen MR) is 99.0 cm³/mol. The fourth-order valence-electron chi connectivity index (χ4n) is 3.06. The van der Waals surface area contributed by atoms with Crippen LogP contribution in [-0.4, -0.2) is 58.3 Å². The number of aliphatic carboxylic acids is 1. The van der Waals surface area contributed by atoms with Crippen molar-refractivity contribution >= 4 is 23.4 Å². The fraction of sp³-hybridized carbons (Fsp3) is 0.556. The highest BCUT2D eigenvalue weighted by Crippen LogP contribution is 2.33. The average molecular weight is 379 g/mol. The average Bonchev–Trinajstić information content (AvgIpc) is 2.52. The van der Waals surface area contributed by atoms with Crippen LogP contribution in [0, 0.1) is 17.0 Å². The van der Waals surface area contributed by atoms with Crippen molar-refractivity contribution in [3.05, 3.63) is 33.9 Å². The molecule has 1 N–H and O–H groups in total. The summed E-state index contributed by atoms with van der Waals surface area (Å²) in [6.45, 7) is 7.77. The van der Waals surface area contributed by atoms with E-state index in [1.54, 1.807) is 37.8 Å². The summed E-state index contributed by atoms with van der Waals surface area (Å²) in [7, 11) is 0. The zero-order chi connectivity index (χ0) is 20.4. The summed E-state index contributed by atoms with van der Waals surface area (Å²) in [5, 5.41) is 20.7. The smallest absolute Gasteiger partial charge is 0.410 e. The maximum Gasteiger partial charge on any atom is 0.410 e. The standard InChI is InChI=1S/C18H25N3O6/c1-12-5-6-14(21(25)26)15(9-12)20-8-7-19(11-13(20)10-16(22)23)17(24)27-18(2,3)4/h5-6,9,13H,7-8,10-11H2,1-4H3,(H,22,23). The molecule has 1 amide bonds. The molecule has 0 saturated carbocycles. The highest BCUT2D eigenvalue weighted by molar-refractivity contribution is 5.73. The van der Waals surface area contributed by atoms with Crippen molar-refractivity contribution < 1.29 is 24.4 Å². The van der Waals surface area contributed by atoms with E-state index >= 15 is 0 Å². The second kappa shape index (κ2) is 7.81. The Balaban J connectivity index is 2.31. The normalized spacial score (nSPS) is 17.6. The summed E-state index contributed by atoms with van der Waals surface area (Å²) in [5.41, 5.74) is 0.460. The first-order valence-electron chi connectivity index (χ1n) is 8.69. The van der Waals surface area contributed by atoms with Crippen LogP contribution in [0.5, 0.6) is 0 Å². The Morgan fingerprint density at radius 3 is 2.56 bits per heavy atom. The number of carbonyl (C=O) groups excluding carboxylic acids is 1. The van der Waals surface area contributed by atoms with Crippen molar-refractivity contribution in [2.24, 2.45) is 0 Å². The van der Waals surface area contributed by atoms with Crippen LogP contribution in [0.1, 0.15) is 32.8 Å². The number of ether oxygens (including phenoxy) is 1. The summed E-state index contributed by atoms with van der Waals surface area (Å²) in [6.07, 6.45) is -0.763. The Morgan fingerprint density at radius 1 is 1.33 bits per heavy atom. The molecule has 1 aliphatic heterocycles. The molecule has 0 bridgehead atoms. The van der Waals surface area contributed by atoms with Crippen molar-refractivity contribution in [1.82, 2.24) is 4.90 Å². The van der Waals surface area contributed by atoms with Gasteiger partial charge < -0.3 is 19.6 Å². The number of anilines is 1. The molecule has 1 unspecified atom stereocenters. The van der Waals surface area contributed by atoms with Crippen LogP contribution < -0.4 is 4.90 Å². The van der Waals surface area contributed by atoms with Gasteiger partial charge in [-0.2, -0.15) is 0 Å². The van der Waals surface area contributed by atoms with E-state index in [0.717, 1.165) is 5.56 Å². The molecule has 9 heteroatoms. The molecule has 148 valence electrons. The maximum atomic E-state index is 12.3. The van der Waals surface area contributed by atoms with Crippen LogP contribution in [-0.2, 0) is 9.53 Å². The summed E-state index contributed by atoms with van der Waals surface area (Å²) >= 11 is 0. The van der Waals surface area contributed by atoms with Crippen molar-refractivity contribution in [1.29, 1.82) is 0 Å². The number of rotatable bonds is 4. The second-order valence-corrected chi connectivity index (χ2v) is 7.62. The number of aryl methyl sites for hydroxylation is 1. The molecule has 27 heavy (non-hydrogen) atoms. The Labute approximate surface area is 157 Å². The number of hydrogen-bond donors (Lipinski definition) is 1. The molecule has 1 aromatic rings. The molecule has 0 aromatic heterocycles. The van der Waals surface area contributed by atoms with Crippen LogP contribution in [0.3, 0.4) is 0 Å². The Hall–Kier alpha value is -2.84. The number of nitro groups is 1. The van der Waals surface area contributed by atoms with Crippen molar-refractivity contribution in [2.75, 3.05) is 24.5 Å². The van der Waals surface area contributed by atoms with Gasteiger partial charge in [-0.1, -0.05) is 6.07 Å². The lowest BCUT2D eigenvalue weighted by Gasteiger charge is -2.42. The molecule has 1 saturated heterocycles. The molecular weight excluding hydrogens is 354 g/mol. The Morgan fingerprint density at radius 2 is 2.00 bits per heavy atom. The summed E-state index contributed by atoms with van der Waals surface area (Å²) in [5.74, 6) is -1.04. The number of benzene rings is 1. The molecule has 0 aliphatic carbocycles. The summed E-state index contributed by atoms with van der Waals surface area (Å²) in [6, 6.07) is 4.15. The molecule has 0 spiro atoms. The zero-order valence-electron chi connectivity index (χ0n) is 16.0. The van der Waals surface area contributed by atoms with Gasteiger partial charge in [0.15, 0.2) is 0 Å². The van der Waals surface area contributed by atoms with E-state index in [-0.39, 0.29) is 31.7 Å². The van der Waals surface area contributed by atoms with Gasteiger partial charge in [-0.25, -0.2) is 4.79 Å². The van der Waals surface area contributed by atoms with E-state index in [2.05, 4.69) is 0 Å². The second-order valence-electron chi connectivity index (χ2n) is 7.62. The third-order valence-corrected chi connectivity index (χ3v) is 4.18. The molecule has 1 aliphatic rings. The van der Waals surface area contributed by atoms with E-state index in [1.165, 1.54) is 11.0 Å². The fourth-order valence-corrected chi connectivity index (χ4v) is 3.06. The van der Waals surface area contributed by atoms with Gasteiger partial charge in [-0.3, -0.25) is 14.9 Å². The quantitative estimate of drug-likeness (QED) is 0.632. The number of nitrogens with zero attached hydrogens (tertiary/aromatic N) is 3. The molecule has 1 aromatic carbocycles. The molecule has 2 rings (SSSR count). The highest BCUT2D eigenvalue weighted by atomic mass is 16.6. The minimum absolute atomic E-state index is 0.0818. The van der Waals surface area contributed by atoms with Gasteiger partial charge in [0.25, 0.3) is 5.69 Å². The lowest BCUT2D eigenvalue weighted by atomic mass is 10.1. The van der Waals surface area contributed by atoms with Gasteiger partial charge in [0, 0.05) is 25.7 Å². The van der Waals surface area contributed by atoms with E-state index in [0.29, 0.717) is 5.69 Å². The molecule has 1 heterocycles. The minimum Gasteiger partial charge on any atom is -0.481 e. The first-order chi connectivity index (χ1) is 12.5. The Bertz CT molecular complexity index is 743. The maximum absolute atomic E-state index is 12.3. The number of carboxylic acid groups (broad SMARTS) is 1. The van der Waals surface area contributed by atoms with E-state index in [4.69, 9.17) is 4.74 Å². The van der Waals surface area contributed by atoms with Crippen molar-refractivity contribution in [3.8, 4) is 0 Å². The van der Waals surface area contributed by atoms with Gasteiger partial charge in [0.1, 0.15) is 11.3 Å². The lowest BCUT2D eigenvalue weighted by molar-refractivity contribution is -0.384. The molecular formula is C18H25N3O6. The number of carboxylic acids is 1. The molecule has 1 atom stereocenters. The van der Waals surface area contributed by atoms with Gasteiger partial charge in [-0.05, 0) is 39.3 Å². The molecule has 9 nitrogen and oxygen atoms in total. The van der Waals surface area contributed by atoms with Gasteiger partial charge in [-0.15, -0.1) is 0 Å². The van der Waals surface area contributed by atoms with E-state index in [9.17, 15) is 24.8 Å². The van der Waals surface area contributed by atoms with Crippen LogP contribution in [0.4, 0.5) is 16.2 Å². The third-order valence-electron chi connectivity index (χ3n) is 4.18. The van der Waals surface area contributed by atoms with Crippen LogP contribution in [0.2, 0.25) is 0 Å². The molecule has 1 fully saturated rings. The SMILES string of the molecule is Cc1ccc([N+](=O)[O-])c(N2CCN(C(=O)OC(C)(C)C)CC2CC(=O)O)c1. The summed E-state index contributed by atoms with van der Waals surface area (Å²) in [4.78, 5) is 37.8. The first kappa shape index (κ1) is 20.5. The number of nitro benzene ring substituents is 1. The first-order valence-corrected chi connectivity index (χ1v) is 8.69. The van der Waals surface area contributed by atoms with E-state index < -0.39 is 28.6 Å². The Kier molecular flexibility index (Phi) is 5.92.